The summed E-state index contributed by atoms with van der Waals surface area (Å²) < 4.78 is 189. The first kappa shape index (κ1) is 107. The molecule has 0 bridgehead atoms. The zero-order valence-corrected chi connectivity index (χ0v) is 79.3. The molecule has 12 aromatic rings. The van der Waals surface area contributed by atoms with E-state index in [1.54, 1.807) is 49.6 Å². The number of pyridine rings is 8. The van der Waals surface area contributed by atoms with Gasteiger partial charge < -0.3 is 37.1 Å². The van der Waals surface area contributed by atoms with E-state index in [1.165, 1.54) is 42.5 Å². The van der Waals surface area contributed by atoms with Gasteiger partial charge in [-0.15, -0.1) is 0 Å². The first-order valence-electron chi connectivity index (χ1n) is 47.1. The molecule has 8 aromatic heterocycles. The van der Waals surface area contributed by atoms with Gasteiger partial charge in [0.1, 0.15) is 115 Å². The monoisotopic (exact) mass is 1980 g/mol. The zero-order chi connectivity index (χ0) is 103. The number of carbonyl (C=O) groups excluding carboxylic acids is 4. The molecule has 4 aliphatic rings. The zero-order valence-electron chi connectivity index (χ0n) is 79.3. The number of azide groups is 1. The average molecular weight is 1980 g/mol. The minimum absolute atomic E-state index is 0.0104. The number of Topliss-reactive ketones (excluding diaryl/α,β-unsaturated/α-hetero) is 4. The Labute approximate surface area is 823 Å². The number of nitriles is 2. The molecule has 0 aliphatic heterocycles. The van der Waals surface area contributed by atoms with Crippen LogP contribution in [0.4, 0.5) is 52.7 Å². The predicted octanol–water partition coefficient (Wildman–Crippen LogP) is 21.0. The lowest BCUT2D eigenvalue weighted by Gasteiger charge is -2.39. The predicted molar refractivity (Wildman–Crippen MR) is 512 cm³/mol. The summed E-state index contributed by atoms with van der Waals surface area (Å²) in [5.74, 6) is -12.3. The maximum Gasteiger partial charge on any atom is 0.185 e. The number of aromatic nitrogens is 8. The van der Waals surface area contributed by atoms with Crippen molar-refractivity contribution >= 4 is 23.1 Å². The number of nitrogens with zero attached hydrogens (tertiary/aromatic N) is 13. The van der Waals surface area contributed by atoms with Crippen molar-refractivity contribution in [3.8, 4) is 57.2 Å². The highest BCUT2D eigenvalue weighted by atomic mass is 19.2. The molecule has 8 heterocycles. The molecule has 4 saturated carbocycles. The Kier molecular flexibility index (Phi) is 37.0. The molecule has 16 rings (SSSR count). The number of carbonyl (C=O) groups is 4. The molecule has 0 unspecified atom stereocenters. The van der Waals surface area contributed by atoms with Crippen molar-refractivity contribution in [3.05, 3.63) is 343 Å². The third kappa shape index (κ3) is 25.9. The number of ketones is 4. The van der Waals surface area contributed by atoms with Gasteiger partial charge in [-0.25, -0.2) is 72.6 Å². The molecule has 0 radical (unpaired) electrons. The second kappa shape index (κ2) is 49.8. The molecular formula is C108H105F12N17O7. The number of benzene rings is 4. The summed E-state index contributed by atoms with van der Waals surface area (Å²) in [5.41, 5.74) is 35.8. The van der Waals surface area contributed by atoms with Crippen LogP contribution < -0.4 is 22.9 Å². The van der Waals surface area contributed by atoms with Gasteiger partial charge in [0.25, 0.3) is 0 Å². The Bertz CT molecular complexity index is 6440. The Morgan fingerprint density at radius 1 is 0.354 bits per heavy atom. The van der Waals surface area contributed by atoms with Gasteiger partial charge in [0.15, 0.2) is 23.1 Å². The SMILES string of the molecule is CCO[C@@H]1[C@H](N)C[C@H](c2ccncc2CC(=O)c2ccc(F)c(-c3c(F)cccc3F)n2)C[C@@H]1C.C[C@@H]1C[C@H](c2ccncc2CC(=O)c2ccc(F)c(-c3c(F)cccc3F)n2)C[C@H](N)[C@@H]1OCCC#N.C[C@H]1C[C@@H](c2ccncc2CC(=O)c2ccc(F)c(-c3c(F)cccc3F)n2)C[C@@H](N)[C@H]1N=[N+]=[N-].C[C@H]1C[C@@H](c2ccncc2CC(=O)c2ccc(F)c(-c3c(F)cccc3F)n2)C[C@@H](N)[C@H]1OCCC#N. The summed E-state index contributed by atoms with van der Waals surface area (Å²) in [5, 5.41) is 21.4. The lowest BCUT2D eigenvalue weighted by molar-refractivity contribution is -0.0200. The molecule has 8 N–H and O–H groups in total. The van der Waals surface area contributed by atoms with Gasteiger partial charge in [-0.1, -0.05) is 57.1 Å². The minimum atomic E-state index is -0.975. The van der Waals surface area contributed by atoms with Crippen LogP contribution in [0.1, 0.15) is 209 Å². The van der Waals surface area contributed by atoms with Crippen LogP contribution in [0, 0.1) is 116 Å². The molecule has 748 valence electrons. The summed E-state index contributed by atoms with van der Waals surface area (Å²) in [6.45, 7) is 11.4. The van der Waals surface area contributed by atoms with E-state index in [1.807, 2.05) is 38.1 Å². The van der Waals surface area contributed by atoms with E-state index in [2.05, 4.69) is 82.8 Å². The molecule has 0 spiro atoms. The highest BCUT2D eigenvalue weighted by Gasteiger charge is 2.41. The van der Waals surface area contributed by atoms with Gasteiger partial charge >= 0.3 is 0 Å². The number of halogens is 12. The van der Waals surface area contributed by atoms with Crippen LogP contribution in [-0.4, -0.2) is 131 Å². The summed E-state index contributed by atoms with van der Waals surface area (Å²) >= 11 is 0. The largest absolute Gasteiger partial charge is 0.377 e. The van der Waals surface area contributed by atoms with Crippen molar-refractivity contribution < 1.29 is 86.1 Å². The van der Waals surface area contributed by atoms with Gasteiger partial charge in [-0.05, 0) is 277 Å². The molecular weight excluding hydrogens is 1880 g/mol. The van der Waals surface area contributed by atoms with Crippen LogP contribution in [0.5, 0.6) is 0 Å². The lowest BCUT2D eigenvalue weighted by Crippen LogP contribution is -2.46. The molecule has 0 saturated heterocycles. The third-order valence-electron chi connectivity index (χ3n) is 26.7. The van der Waals surface area contributed by atoms with Crippen molar-refractivity contribution in [1.29, 1.82) is 10.5 Å². The van der Waals surface area contributed by atoms with Gasteiger partial charge in [0, 0.05) is 111 Å². The average Bonchev–Trinajstić information content (AvgIpc) is 0.768. The third-order valence-corrected chi connectivity index (χ3v) is 26.7. The van der Waals surface area contributed by atoms with E-state index in [9.17, 15) is 71.9 Å². The number of ether oxygens (including phenoxy) is 3. The Morgan fingerprint density at radius 3 is 0.826 bits per heavy atom. The van der Waals surface area contributed by atoms with Gasteiger partial charge in [0.2, 0.25) is 0 Å². The molecule has 24 nitrogen and oxygen atoms in total. The van der Waals surface area contributed by atoms with E-state index < -0.39 is 138 Å². The van der Waals surface area contributed by atoms with Gasteiger partial charge in [-0.2, -0.15) is 10.5 Å². The Balaban J connectivity index is 0.000000161. The van der Waals surface area contributed by atoms with Crippen LogP contribution in [0.2, 0.25) is 0 Å². The number of hydrogen-bond acceptors (Lipinski definition) is 22. The van der Waals surface area contributed by atoms with E-state index in [4.69, 9.17) is 53.2 Å². The van der Waals surface area contributed by atoms with E-state index in [0.29, 0.717) is 81.5 Å². The molecule has 4 aliphatic carbocycles. The van der Waals surface area contributed by atoms with Crippen LogP contribution >= 0.6 is 0 Å². The van der Waals surface area contributed by atoms with Crippen LogP contribution in [-0.2, 0) is 39.9 Å². The molecule has 16 atom stereocenters. The van der Waals surface area contributed by atoms with Crippen LogP contribution in [0.25, 0.3) is 55.5 Å². The maximum absolute atomic E-state index is 14.5. The normalized spacial score (nSPS) is 21.7. The van der Waals surface area contributed by atoms with E-state index in [0.717, 1.165) is 126 Å². The van der Waals surface area contributed by atoms with E-state index in [-0.39, 0.29) is 144 Å². The van der Waals surface area contributed by atoms with Crippen LogP contribution in [0.15, 0.2) is 200 Å². The standard InChI is InChI=1S/2C28H27F3N4O2.C27H28F3N3O2.C25H23F3N6O/c2*1-16-12-17(13-23(33)28(16)37-11-3-9-32)19-8-10-34-15-18(19)14-25(36)24-7-6-22(31)27(35-24)26-20(29)4-2-5-21(26)30;1-3-35-27-15(2)11-16(12-22(27)31)18-9-10-32-14-17(18)13-24(34)23-8-7-21(30)26(33-23)25-19(28)5-4-6-20(25)29;1-13-9-14(10-20(29)24(13)33-34-30)16-7-8-31-12-15(16)11-22(35)21-6-5-19(28)25(32-21)23-17(26)3-2-4-18(23)27/h2*2,4-8,10,15-17,23,28H,3,11-14,33H2,1H3;4-10,14-16,22,27H,3,11-13,31H2,1-2H3;2-8,12-14,20,24H,9-11,29H2,1H3/t2*16-,17+,23+,28-;15-,16+,22+,27-;13-,14+,20+,24-/m1000/s1. The van der Waals surface area contributed by atoms with Crippen LogP contribution in [0.3, 0.4) is 0 Å². The van der Waals surface area contributed by atoms with Crippen molar-refractivity contribution in [2.24, 2.45) is 51.7 Å². The minimum Gasteiger partial charge on any atom is -0.377 e. The Morgan fingerprint density at radius 2 is 0.597 bits per heavy atom. The number of nitrogens with two attached hydrogens (primary N) is 4. The summed E-state index contributed by atoms with van der Waals surface area (Å²) in [6, 6.07) is 31.9. The maximum atomic E-state index is 14.5. The highest BCUT2D eigenvalue weighted by Crippen LogP contribution is 2.45. The summed E-state index contributed by atoms with van der Waals surface area (Å²) in [6.07, 6.45) is 18.8. The second-order valence-corrected chi connectivity index (χ2v) is 36.5. The number of hydrogen-bond donors (Lipinski definition) is 4. The Hall–Kier alpha value is -14.1. The fraction of sp³-hybridized carbons (Fsp3) is 0.352. The van der Waals surface area contributed by atoms with Crippen molar-refractivity contribution in [2.75, 3.05) is 19.8 Å². The fourth-order valence-corrected chi connectivity index (χ4v) is 20.1. The van der Waals surface area contributed by atoms with Gasteiger partial charge in [0.05, 0.1) is 84.8 Å². The lowest BCUT2D eigenvalue weighted by atomic mass is 9.73. The smallest absolute Gasteiger partial charge is 0.185 e. The molecule has 0 amide bonds. The van der Waals surface area contributed by atoms with Crippen molar-refractivity contribution in [1.82, 2.24) is 39.9 Å². The molecule has 4 fully saturated rings. The fourth-order valence-electron chi connectivity index (χ4n) is 20.1. The molecule has 144 heavy (non-hydrogen) atoms. The first-order chi connectivity index (χ1) is 69.2. The van der Waals surface area contributed by atoms with Crippen molar-refractivity contribution in [3.63, 3.8) is 0 Å². The topological polar surface area (TPSA) is 400 Å². The first-order valence-corrected chi connectivity index (χ1v) is 47.1. The molecule has 4 aromatic carbocycles. The van der Waals surface area contributed by atoms with E-state index >= 15 is 0 Å². The summed E-state index contributed by atoms with van der Waals surface area (Å²) in [4.78, 5) is 88.1. The quantitative estimate of drug-likeness (QED) is 0.00844. The van der Waals surface area contributed by atoms with Gasteiger partial charge in [-0.3, -0.25) is 39.1 Å². The summed E-state index contributed by atoms with van der Waals surface area (Å²) in [7, 11) is 0. The number of rotatable bonds is 29. The molecule has 36 heteroatoms. The van der Waals surface area contributed by atoms with Crippen molar-refractivity contribution in [2.45, 2.75) is 197 Å². The second-order valence-electron chi connectivity index (χ2n) is 36.5. The highest BCUT2D eigenvalue weighted by molar-refractivity contribution is 5.99.